The summed E-state index contributed by atoms with van der Waals surface area (Å²) < 4.78 is 5.25. The second-order valence-electron chi connectivity index (χ2n) is 4.89. The number of ether oxygens (including phenoxy) is 1. The van der Waals surface area contributed by atoms with Crippen LogP contribution in [0.1, 0.15) is 34.6 Å². The molecule has 0 heterocycles. The Balaban J connectivity index is 4.40. The first-order valence-electron chi connectivity index (χ1n) is 5.29. The van der Waals surface area contributed by atoms with Gasteiger partial charge in [-0.05, 0) is 26.7 Å². The molecule has 0 unspecified atom stereocenters. The van der Waals surface area contributed by atoms with Crippen LogP contribution in [-0.2, 0) is 9.53 Å². The van der Waals surface area contributed by atoms with Crippen molar-refractivity contribution < 1.29 is 9.53 Å². The van der Waals surface area contributed by atoms with E-state index in [9.17, 15) is 10.0 Å². The highest BCUT2D eigenvalue weighted by Crippen LogP contribution is 2.12. The van der Waals surface area contributed by atoms with Crippen LogP contribution < -0.4 is 5.32 Å². The van der Waals surface area contributed by atoms with E-state index in [0.29, 0.717) is 0 Å². The van der Waals surface area contributed by atoms with Crippen LogP contribution in [0.3, 0.4) is 0 Å². The lowest BCUT2D eigenvalue weighted by Crippen LogP contribution is -2.44. The molecule has 0 rings (SSSR count). The molecule has 0 aromatic carbocycles. The monoisotopic (exact) mass is 228 g/mol. The topological polar surface area (TPSA) is 65.8 Å². The summed E-state index contributed by atoms with van der Waals surface area (Å²) in [5, 5.41) is 15.2. The fraction of sp³-hybridized carbons (Fsp3) is 0.818. The molecule has 1 N–H and O–H groups in total. The minimum absolute atomic E-state index is 0.0725. The average molecular weight is 228 g/mol. The Morgan fingerprint density at radius 1 is 1.50 bits per heavy atom. The van der Waals surface area contributed by atoms with E-state index in [4.69, 9.17) is 4.74 Å². The first kappa shape index (κ1) is 14.7. The van der Waals surface area contributed by atoms with E-state index in [0.717, 1.165) is 0 Å². The molecule has 0 saturated carbocycles. The maximum absolute atomic E-state index is 11.8. The van der Waals surface area contributed by atoms with Gasteiger partial charge in [-0.25, -0.2) is 0 Å². The third-order valence-corrected chi connectivity index (χ3v) is 1.79. The lowest BCUT2D eigenvalue weighted by atomic mass is 10.0. The van der Waals surface area contributed by atoms with E-state index >= 15 is 0 Å². The Hall–Kier alpha value is -1.28. The maximum atomic E-state index is 11.8. The first-order chi connectivity index (χ1) is 7.28. The molecule has 0 aliphatic heterocycles. The smallest absolute Gasteiger partial charge is 0.323 e. The van der Waals surface area contributed by atoms with Crippen LogP contribution in [0, 0.1) is 17.2 Å². The van der Waals surface area contributed by atoms with Crippen LogP contribution in [0.15, 0.2) is 0 Å². The third kappa shape index (κ3) is 6.25. The summed E-state index contributed by atoms with van der Waals surface area (Å²) >= 11 is 0. The summed E-state index contributed by atoms with van der Waals surface area (Å²) in [5.74, 6) is -0.251. The number of hydrogen-bond donors (Lipinski definition) is 1. The maximum Gasteiger partial charge on any atom is 0.323 e. The molecule has 16 heavy (non-hydrogen) atoms. The summed E-state index contributed by atoms with van der Waals surface area (Å²) in [6, 6.07) is 1.75. The lowest BCUT2D eigenvalue weighted by Gasteiger charge is -2.25. The number of carbonyl (C=O) groups is 1. The van der Waals surface area contributed by atoms with Gasteiger partial charge >= 0.3 is 12.0 Å². The summed E-state index contributed by atoms with van der Waals surface area (Å²) in [7, 11) is 0. The SMILES string of the molecule is CC(C)[C@H](NCC#[N+][O-])C(=O)OC(C)(C)C. The quantitative estimate of drug-likeness (QED) is 0.452. The second-order valence-corrected chi connectivity index (χ2v) is 4.89. The molecule has 0 radical (unpaired) electrons. The predicted molar refractivity (Wildman–Crippen MR) is 63.1 cm³/mol. The molecule has 5 heteroatoms. The molecular formula is C11H20N2O3. The number of esters is 1. The van der Waals surface area contributed by atoms with Crippen molar-refractivity contribution in [2.45, 2.75) is 46.3 Å². The predicted octanol–water partition coefficient (Wildman–Crippen LogP) is 1.77. The fourth-order valence-corrected chi connectivity index (χ4v) is 1.14. The van der Waals surface area contributed by atoms with Gasteiger partial charge in [-0.3, -0.25) is 10.1 Å². The van der Waals surface area contributed by atoms with Gasteiger partial charge in [0.25, 0.3) is 0 Å². The molecule has 0 bridgehead atoms. The number of carbonyl (C=O) groups excluding carboxylic acids is 1. The molecule has 0 saturated heterocycles. The van der Waals surface area contributed by atoms with Gasteiger partial charge in [0.1, 0.15) is 18.2 Å². The largest absolute Gasteiger partial charge is 0.498 e. The van der Waals surface area contributed by atoms with Crippen LogP contribution in [0.5, 0.6) is 0 Å². The number of hydrogen-bond acceptors (Lipinski definition) is 4. The van der Waals surface area contributed by atoms with E-state index in [1.165, 1.54) is 0 Å². The van der Waals surface area contributed by atoms with Crippen molar-refractivity contribution in [3.8, 4) is 6.07 Å². The van der Waals surface area contributed by atoms with Crippen LogP contribution in [0.2, 0.25) is 0 Å². The van der Waals surface area contributed by atoms with Crippen LogP contribution in [0.25, 0.3) is 5.01 Å². The van der Waals surface area contributed by atoms with Gasteiger partial charge < -0.3 is 9.94 Å². The van der Waals surface area contributed by atoms with Crippen LogP contribution in [-0.4, -0.2) is 24.2 Å². The molecule has 0 amide bonds. The molecule has 0 aromatic heterocycles. The Bertz CT molecular complexity index is 284. The zero-order valence-electron chi connectivity index (χ0n) is 10.5. The fourth-order valence-electron chi connectivity index (χ4n) is 1.14. The van der Waals surface area contributed by atoms with E-state index in [-0.39, 0.29) is 18.4 Å². The highest BCUT2D eigenvalue weighted by molar-refractivity contribution is 5.76. The third-order valence-electron chi connectivity index (χ3n) is 1.79. The van der Waals surface area contributed by atoms with Crippen molar-refractivity contribution in [3.05, 3.63) is 10.2 Å². The lowest BCUT2D eigenvalue weighted by molar-refractivity contribution is -0.158. The van der Waals surface area contributed by atoms with Gasteiger partial charge in [0, 0.05) is 5.01 Å². The molecule has 0 aliphatic rings. The van der Waals surface area contributed by atoms with Gasteiger partial charge in [0.15, 0.2) is 0 Å². The van der Waals surface area contributed by atoms with Gasteiger partial charge in [-0.1, -0.05) is 13.8 Å². The molecule has 92 valence electrons. The standard InChI is InChI=1S/C11H20N2O3/c1-8(2)9(12-6-7-13-15)10(14)16-11(3,4)5/h8-9,12H,6H2,1-5H3/t9-/m0/s1. The summed E-state index contributed by atoms with van der Waals surface area (Å²) in [6.45, 7) is 9.38. The summed E-state index contributed by atoms with van der Waals surface area (Å²) in [4.78, 5) is 11.8. The normalized spacial score (nSPS) is 12.9. The molecule has 0 fully saturated rings. The number of nitrogens with zero attached hydrogens (tertiary/aromatic N) is 1. The number of nitrogens with one attached hydrogen (secondary N) is 1. The van der Waals surface area contributed by atoms with Crippen LogP contribution >= 0.6 is 0 Å². The minimum Gasteiger partial charge on any atom is -0.498 e. The van der Waals surface area contributed by atoms with Crippen molar-refractivity contribution in [1.82, 2.24) is 5.32 Å². The Labute approximate surface area is 96.6 Å². The first-order valence-corrected chi connectivity index (χ1v) is 5.29. The second kappa shape index (κ2) is 6.33. The van der Waals surface area contributed by atoms with E-state index in [1.807, 2.05) is 34.6 Å². The minimum atomic E-state index is -0.512. The molecular weight excluding hydrogens is 208 g/mol. The molecule has 1 atom stereocenters. The summed E-state index contributed by atoms with van der Waals surface area (Å²) in [6.07, 6.45) is 0. The van der Waals surface area contributed by atoms with Gasteiger partial charge in [-0.2, -0.15) is 0 Å². The van der Waals surface area contributed by atoms with Gasteiger partial charge in [0.2, 0.25) is 0 Å². The van der Waals surface area contributed by atoms with Crippen LogP contribution in [0.4, 0.5) is 0 Å². The Kier molecular flexibility index (Phi) is 5.83. The van der Waals surface area contributed by atoms with E-state index in [2.05, 4.69) is 16.4 Å². The molecule has 0 aliphatic carbocycles. The van der Waals surface area contributed by atoms with E-state index < -0.39 is 11.6 Å². The van der Waals surface area contributed by atoms with Crippen molar-refractivity contribution in [2.75, 3.05) is 6.54 Å². The summed E-state index contributed by atoms with van der Waals surface area (Å²) in [5.41, 5.74) is -0.512. The highest BCUT2D eigenvalue weighted by Gasteiger charge is 2.27. The van der Waals surface area contributed by atoms with Crippen molar-refractivity contribution in [2.24, 2.45) is 5.92 Å². The van der Waals surface area contributed by atoms with E-state index in [1.54, 1.807) is 0 Å². The Morgan fingerprint density at radius 2 is 2.06 bits per heavy atom. The molecule has 0 aromatic rings. The highest BCUT2D eigenvalue weighted by atomic mass is 16.6. The van der Waals surface area contributed by atoms with Gasteiger partial charge in [-0.15, -0.1) is 0 Å². The average Bonchev–Trinajstić information content (AvgIpc) is 2.08. The molecule has 5 nitrogen and oxygen atoms in total. The van der Waals surface area contributed by atoms with Gasteiger partial charge in [0.05, 0.1) is 0 Å². The Morgan fingerprint density at radius 3 is 2.44 bits per heavy atom. The zero-order valence-corrected chi connectivity index (χ0v) is 10.5. The van der Waals surface area contributed by atoms with Crippen molar-refractivity contribution in [1.29, 1.82) is 0 Å². The number of rotatable bonds is 4. The molecule has 0 spiro atoms. The van der Waals surface area contributed by atoms with Crippen molar-refractivity contribution >= 4 is 5.97 Å². The van der Waals surface area contributed by atoms with Crippen molar-refractivity contribution in [3.63, 3.8) is 0 Å². The zero-order chi connectivity index (χ0) is 12.8.